The van der Waals surface area contributed by atoms with Crippen LogP contribution in [-0.2, 0) is 0 Å². The second-order valence-electron chi connectivity index (χ2n) is 11.4. The van der Waals surface area contributed by atoms with Crippen molar-refractivity contribution in [2.45, 2.75) is 110 Å². The van der Waals surface area contributed by atoms with Gasteiger partial charge in [-0.3, -0.25) is 0 Å². The summed E-state index contributed by atoms with van der Waals surface area (Å²) in [6.07, 6.45) is 13.8. The maximum absolute atomic E-state index is 10.5. The summed E-state index contributed by atoms with van der Waals surface area (Å²) in [4.78, 5) is 0. The molecule has 3 heteroatoms. The minimum absolute atomic E-state index is 0.219. The van der Waals surface area contributed by atoms with Crippen LogP contribution in [0.3, 0.4) is 0 Å². The van der Waals surface area contributed by atoms with Crippen molar-refractivity contribution in [2.24, 2.45) is 23.2 Å². The van der Waals surface area contributed by atoms with Gasteiger partial charge in [0.2, 0.25) is 0 Å². The number of allylic oxidation sites excluding steroid dienone is 4. The summed E-state index contributed by atoms with van der Waals surface area (Å²) in [6, 6.07) is 0. The molecule has 3 saturated carbocycles. The van der Waals surface area contributed by atoms with Crippen molar-refractivity contribution in [1.29, 1.82) is 0 Å². The molecule has 170 valence electrons. The molecule has 3 fully saturated rings. The standard InChI is InChI=1S/C27H44O3/c1-18-8-11-22(28)16-21(18)10-9-20-7-6-14-27(5)24(12-13-25(20)27)19(2)15-23(29)17-26(3,4)30/h9-10,19,22-25,28-30H,1,6-8,11-17H2,2-5H3/b20-9+,21-10-/t19-,22+,23-,24-,25+,27-/m1/s1. The third-order valence-electron chi connectivity index (χ3n) is 8.29. The monoisotopic (exact) mass is 416 g/mol. The molecule has 3 aliphatic carbocycles. The SMILES string of the molecule is C=C1CC[C@H](O)C/C1=C/C=C1\CCC[C@]2(C)[C@@H]([C@H](C)C[C@@H](O)CC(C)(C)O)CC[C@@H]12. The predicted molar refractivity (Wildman–Crippen MR) is 124 cm³/mol. The summed E-state index contributed by atoms with van der Waals surface area (Å²) in [5, 5.41) is 30.6. The highest BCUT2D eigenvalue weighted by atomic mass is 16.3. The Labute approximate surface area is 184 Å². The average Bonchev–Trinajstić information content (AvgIpc) is 2.98. The van der Waals surface area contributed by atoms with Crippen molar-refractivity contribution >= 4 is 0 Å². The molecule has 6 atom stereocenters. The largest absolute Gasteiger partial charge is 0.393 e. The Kier molecular flexibility index (Phi) is 7.37. The van der Waals surface area contributed by atoms with Gasteiger partial charge in [0.1, 0.15) is 0 Å². The molecule has 0 aromatic carbocycles. The van der Waals surface area contributed by atoms with Crippen LogP contribution in [-0.4, -0.2) is 33.1 Å². The fourth-order valence-corrected chi connectivity index (χ4v) is 6.86. The molecule has 0 heterocycles. The van der Waals surface area contributed by atoms with E-state index >= 15 is 0 Å². The molecule has 0 unspecified atom stereocenters. The fourth-order valence-electron chi connectivity index (χ4n) is 6.86. The third-order valence-corrected chi connectivity index (χ3v) is 8.29. The molecule has 0 radical (unpaired) electrons. The first-order valence-corrected chi connectivity index (χ1v) is 12.2. The van der Waals surface area contributed by atoms with E-state index in [9.17, 15) is 15.3 Å². The Morgan fingerprint density at radius 1 is 1.20 bits per heavy atom. The summed E-state index contributed by atoms with van der Waals surface area (Å²) >= 11 is 0. The smallest absolute Gasteiger partial charge is 0.0616 e. The molecule has 3 aliphatic rings. The van der Waals surface area contributed by atoms with Gasteiger partial charge in [0.15, 0.2) is 0 Å². The molecule has 3 nitrogen and oxygen atoms in total. The highest BCUT2D eigenvalue weighted by molar-refractivity contribution is 5.36. The minimum Gasteiger partial charge on any atom is -0.393 e. The van der Waals surface area contributed by atoms with E-state index in [1.807, 2.05) is 0 Å². The number of fused-ring (bicyclic) bond motifs is 1. The number of hydrogen-bond donors (Lipinski definition) is 3. The third kappa shape index (κ3) is 5.47. The lowest BCUT2D eigenvalue weighted by atomic mass is 9.60. The van der Waals surface area contributed by atoms with Gasteiger partial charge in [-0.25, -0.2) is 0 Å². The molecule has 0 saturated heterocycles. The van der Waals surface area contributed by atoms with E-state index in [4.69, 9.17) is 0 Å². The topological polar surface area (TPSA) is 60.7 Å². The summed E-state index contributed by atoms with van der Waals surface area (Å²) < 4.78 is 0. The zero-order valence-corrected chi connectivity index (χ0v) is 19.7. The van der Waals surface area contributed by atoms with Crippen LogP contribution in [0.15, 0.2) is 35.5 Å². The summed E-state index contributed by atoms with van der Waals surface area (Å²) in [7, 11) is 0. The van der Waals surface area contributed by atoms with Crippen LogP contribution in [0.2, 0.25) is 0 Å². The summed E-state index contributed by atoms with van der Waals surface area (Å²) in [5.74, 6) is 1.72. The van der Waals surface area contributed by atoms with Gasteiger partial charge >= 0.3 is 0 Å². The van der Waals surface area contributed by atoms with Gasteiger partial charge in [-0.05, 0) is 100 Å². The number of aliphatic hydroxyl groups excluding tert-OH is 2. The van der Waals surface area contributed by atoms with Gasteiger partial charge in [-0.15, -0.1) is 0 Å². The molecule has 0 aliphatic heterocycles. The molecule has 0 amide bonds. The fraction of sp³-hybridized carbons (Fsp3) is 0.778. The van der Waals surface area contributed by atoms with Gasteiger partial charge < -0.3 is 15.3 Å². The molecule has 3 N–H and O–H groups in total. The van der Waals surface area contributed by atoms with Crippen molar-refractivity contribution in [3.63, 3.8) is 0 Å². The zero-order valence-electron chi connectivity index (χ0n) is 19.7. The van der Waals surface area contributed by atoms with Gasteiger partial charge in [-0.2, -0.15) is 0 Å². The van der Waals surface area contributed by atoms with Crippen molar-refractivity contribution < 1.29 is 15.3 Å². The molecular formula is C27H44O3. The van der Waals surface area contributed by atoms with Crippen LogP contribution in [0.25, 0.3) is 0 Å². The molecule has 0 aromatic rings. The van der Waals surface area contributed by atoms with E-state index < -0.39 is 11.7 Å². The first-order chi connectivity index (χ1) is 14.0. The molecule has 3 rings (SSSR count). The summed E-state index contributed by atoms with van der Waals surface area (Å²) in [6.45, 7) is 12.6. The van der Waals surface area contributed by atoms with Crippen LogP contribution in [0.4, 0.5) is 0 Å². The normalized spacial score (nSPS) is 37.4. The van der Waals surface area contributed by atoms with E-state index in [0.29, 0.717) is 29.6 Å². The van der Waals surface area contributed by atoms with E-state index in [0.717, 1.165) is 25.7 Å². The van der Waals surface area contributed by atoms with Gasteiger partial charge in [0, 0.05) is 6.42 Å². The Hall–Kier alpha value is -0.900. The lowest BCUT2D eigenvalue weighted by Crippen LogP contribution is -2.37. The number of rotatable bonds is 6. The first-order valence-electron chi connectivity index (χ1n) is 12.2. The quantitative estimate of drug-likeness (QED) is 0.520. The highest BCUT2D eigenvalue weighted by Crippen LogP contribution is 2.60. The van der Waals surface area contributed by atoms with Crippen LogP contribution in [0, 0.1) is 23.2 Å². The second-order valence-corrected chi connectivity index (χ2v) is 11.4. The maximum Gasteiger partial charge on any atom is 0.0616 e. The van der Waals surface area contributed by atoms with Crippen LogP contribution >= 0.6 is 0 Å². The first kappa shape index (κ1) is 23.8. The van der Waals surface area contributed by atoms with Crippen LogP contribution in [0.1, 0.15) is 91.9 Å². The second kappa shape index (κ2) is 9.30. The Morgan fingerprint density at radius 2 is 1.93 bits per heavy atom. The predicted octanol–water partition coefficient (Wildman–Crippen LogP) is 5.70. The summed E-state index contributed by atoms with van der Waals surface area (Å²) in [5.41, 5.74) is 3.49. The van der Waals surface area contributed by atoms with E-state index in [1.165, 1.54) is 43.3 Å². The van der Waals surface area contributed by atoms with E-state index in [-0.39, 0.29) is 6.10 Å². The number of hydrogen-bond acceptors (Lipinski definition) is 3. The van der Waals surface area contributed by atoms with Crippen LogP contribution in [0.5, 0.6) is 0 Å². The van der Waals surface area contributed by atoms with Crippen molar-refractivity contribution in [3.8, 4) is 0 Å². The van der Waals surface area contributed by atoms with E-state index in [1.54, 1.807) is 19.4 Å². The van der Waals surface area contributed by atoms with Gasteiger partial charge in [0.05, 0.1) is 17.8 Å². The molecule has 0 spiro atoms. The molecular weight excluding hydrogens is 372 g/mol. The zero-order chi connectivity index (χ0) is 22.1. The molecule has 30 heavy (non-hydrogen) atoms. The molecule has 0 bridgehead atoms. The van der Waals surface area contributed by atoms with Crippen LogP contribution < -0.4 is 0 Å². The number of aliphatic hydroxyl groups is 3. The van der Waals surface area contributed by atoms with Gasteiger partial charge in [-0.1, -0.05) is 43.7 Å². The molecule has 0 aromatic heterocycles. The van der Waals surface area contributed by atoms with Crippen molar-refractivity contribution in [2.75, 3.05) is 0 Å². The minimum atomic E-state index is -0.813. The Bertz CT molecular complexity index is 683. The van der Waals surface area contributed by atoms with Crippen molar-refractivity contribution in [1.82, 2.24) is 0 Å². The highest BCUT2D eigenvalue weighted by Gasteiger charge is 2.50. The van der Waals surface area contributed by atoms with Gasteiger partial charge in [0.25, 0.3) is 0 Å². The lowest BCUT2D eigenvalue weighted by Gasteiger charge is -2.44. The lowest BCUT2D eigenvalue weighted by molar-refractivity contribution is 0.000134. The van der Waals surface area contributed by atoms with E-state index in [2.05, 4.69) is 32.6 Å². The maximum atomic E-state index is 10.5. The average molecular weight is 417 g/mol. The van der Waals surface area contributed by atoms with Crippen molar-refractivity contribution in [3.05, 3.63) is 35.5 Å². The Balaban J connectivity index is 1.71. The Morgan fingerprint density at radius 3 is 2.63 bits per heavy atom.